The molecule has 118 valence electrons. The summed E-state index contributed by atoms with van der Waals surface area (Å²) in [5, 5.41) is 0. The molecule has 1 unspecified atom stereocenters. The van der Waals surface area contributed by atoms with Crippen LogP contribution in [0.25, 0.3) is 0 Å². The van der Waals surface area contributed by atoms with Gasteiger partial charge in [0.05, 0.1) is 12.9 Å². The number of esters is 1. The van der Waals surface area contributed by atoms with E-state index in [1.165, 1.54) is 7.11 Å². The molecule has 1 aromatic carbocycles. The van der Waals surface area contributed by atoms with Crippen molar-refractivity contribution in [3.63, 3.8) is 0 Å². The Morgan fingerprint density at radius 2 is 1.95 bits per heavy atom. The van der Waals surface area contributed by atoms with E-state index in [0.717, 1.165) is 0 Å². The summed E-state index contributed by atoms with van der Waals surface area (Å²) in [6.45, 7) is 3.80. The number of nitrogens with two attached hydrogens (primary N) is 1. The third-order valence-electron chi connectivity index (χ3n) is 2.92. The minimum Gasteiger partial charge on any atom is -0.468 e. The van der Waals surface area contributed by atoms with Crippen molar-refractivity contribution in [2.24, 2.45) is 5.92 Å². The SMILES string of the molecule is COC(=O)C(CC(C)C)NS(=O)(=O)Cc1ccccc1N. The van der Waals surface area contributed by atoms with Crippen LogP contribution >= 0.6 is 0 Å². The van der Waals surface area contributed by atoms with Crippen LogP contribution in [0.2, 0.25) is 0 Å². The van der Waals surface area contributed by atoms with Crippen LogP contribution in [0.5, 0.6) is 0 Å². The molecular formula is C14H22N2O4S. The summed E-state index contributed by atoms with van der Waals surface area (Å²) in [5.74, 6) is -0.711. The predicted molar refractivity (Wildman–Crippen MR) is 81.9 cm³/mol. The molecule has 0 aliphatic heterocycles. The fourth-order valence-electron chi connectivity index (χ4n) is 1.93. The molecule has 0 heterocycles. The molecule has 7 heteroatoms. The lowest BCUT2D eigenvalue weighted by atomic mass is 10.1. The number of hydrogen-bond acceptors (Lipinski definition) is 5. The second-order valence-corrected chi connectivity index (χ2v) is 7.03. The molecule has 0 aliphatic carbocycles. The van der Waals surface area contributed by atoms with Crippen LogP contribution in [0.15, 0.2) is 24.3 Å². The number of carbonyl (C=O) groups excluding carboxylic acids is 1. The molecule has 0 amide bonds. The van der Waals surface area contributed by atoms with E-state index in [1.54, 1.807) is 24.3 Å². The van der Waals surface area contributed by atoms with Crippen LogP contribution in [0, 0.1) is 5.92 Å². The zero-order valence-corrected chi connectivity index (χ0v) is 13.3. The molecule has 21 heavy (non-hydrogen) atoms. The fourth-order valence-corrected chi connectivity index (χ4v) is 3.32. The first-order chi connectivity index (χ1) is 9.75. The summed E-state index contributed by atoms with van der Waals surface area (Å²) in [6.07, 6.45) is 0.371. The van der Waals surface area contributed by atoms with Crippen LogP contribution in [-0.2, 0) is 25.3 Å². The predicted octanol–water partition coefficient (Wildman–Crippen LogP) is 1.28. The summed E-state index contributed by atoms with van der Waals surface area (Å²) in [4.78, 5) is 11.7. The van der Waals surface area contributed by atoms with Gasteiger partial charge < -0.3 is 10.5 Å². The molecule has 0 saturated heterocycles. The number of sulfonamides is 1. The number of nitrogen functional groups attached to an aromatic ring is 1. The third-order valence-corrected chi connectivity index (χ3v) is 4.25. The maximum atomic E-state index is 12.2. The number of anilines is 1. The van der Waals surface area contributed by atoms with Gasteiger partial charge in [0.1, 0.15) is 6.04 Å². The Hall–Kier alpha value is -1.60. The number of rotatable bonds is 7. The van der Waals surface area contributed by atoms with E-state index < -0.39 is 22.0 Å². The minimum atomic E-state index is -3.69. The van der Waals surface area contributed by atoms with Crippen molar-refractivity contribution in [1.29, 1.82) is 0 Å². The Labute approximate surface area is 125 Å². The lowest BCUT2D eigenvalue weighted by Gasteiger charge is -2.18. The Kier molecular flexibility index (Phi) is 6.17. The van der Waals surface area contributed by atoms with Gasteiger partial charge in [-0.15, -0.1) is 0 Å². The highest BCUT2D eigenvalue weighted by Gasteiger charge is 2.26. The van der Waals surface area contributed by atoms with Gasteiger partial charge in [0, 0.05) is 5.69 Å². The first-order valence-corrected chi connectivity index (χ1v) is 8.31. The maximum absolute atomic E-state index is 12.2. The normalized spacial score (nSPS) is 13.1. The Morgan fingerprint density at radius 1 is 1.33 bits per heavy atom. The summed E-state index contributed by atoms with van der Waals surface area (Å²) in [6, 6.07) is 5.84. The van der Waals surface area contributed by atoms with E-state index in [9.17, 15) is 13.2 Å². The summed E-state index contributed by atoms with van der Waals surface area (Å²) in [5.41, 5.74) is 6.64. The van der Waals surface area contributed by atoms with Crippen LogP contribution in [-0.4, -0.2) is 27.5 Å². The molecule has 0 spiro atoms. The molecule has 0 aliphatic rings. The quantitative estimate of drug-likeness (QED) is 0.583. The van der Waals surface area contributed by atoms with Crippen molar-refractivity contribution >= 4 is 21.7 Å². The van der Waals surface area contributed by atoms with Crippen molar-refractivity contribution in [2.75, 3.05) is 12.8 Å². The molecule has 6 nitrogen and oxygen atoms in total. The number of benzene rings is 1. The van der Waals surface area contributed by atoms with Crippen molar-refractivity contribution in [2.45, 2.75) is 32.1 Å². The summed E-state index contributed by atoms with van der Waals surface area (Å²) < 4.78 is 31.4. The monoisotopic (exact) mass is 314 g/mol. The van der Waals surface area contributed by atoms with Crippen molar-refractivity contribution in [3.8, 4) is 0 Å². The lowest BCUT2D eigenvalue weighted by Crippen LogP contribution is -2.42. The molecule has 0 fully saturated rings. The molecule has 0 saturated carbocycles. The van der Waals surface area contributed by atoms with Crippen LogP contribution < -0.4 is 10.5 Å². The van der Waals surface area contributed by atoms with Gasteiger partial charge in [0.2, 0.25) is 10.0 Å². The van der Waals surface area contributed by atoms with E-state index in [-0.39, 0.29) is 11.7 Å². The smallest absolute Gasteiger partial charge is 0.323 e. The highest BCUT2D eigenvalue weighted by atomic mass is 32.2. The average Bonchev–Trinajstić information content (AvgIpc) is 2.38. The van der Waals surface area contributed by atoms with Crippen LogP contribution in [0.1, 0.15) is 25.8 Å². The van der Waals surface area contributed by atoms with Gasteiger partial charge in [-0.05, 0) is 24.0 Å². The summed E-state index contributed by atoms with van der Waals surface area (Å²) >= 11 is 0. The van der Waals surface area contributed by atoms with E-state index in [1.807, 2.05) is 13.8 Å². The minimum absolute atomic E-state index is 0.151. The van der Waals surface area contributed by atoms with Crippen LogP contribution in [0.4, 0.5) is 5.69 Å². The average molecular weight is 314 g/mol. The third kappa shape index (κ3) is 5.73. The number of methoxy groups -OCH3 is 1. The van der Waals surface area contributed by atoms with Gasteiger partial charge in [0.15, 0.2) is 0 Å². The molecule has 1 aromatic rings. The van der Waals surface area contributed by atoms with Crippen molar-refractivity contribution < 1.29 is 17.9 Å². The highest BCUT2D eigenvalue weighted by Crippen LogP contribution is 2.15. The number of carbonyl (C=O) groups is 1. The van der Waals surface area contributed by atoms with Gasteiger partial charge in [-0.3, -0.25) is 4.79 Å². The van der Waals surface area contributed by atoms with Crippen molar-refractivity contribution in [3.05, 3.63) is 29.8 Å². The largest absolute Gasteiger partial charge is 0.468 e. The first-order valence-electron chi connectivity index (χ1n) is 6.66. The number of hydrogen-bond donors (Lipinski definition) is 2. The highest BCUT2D eigenvalue weighted by molar-refractivity contribution is 7.88. The molecule has 0 aromatic heterocycles. The molecule has 0 radical (unpaired) electrons. The fraction of sp³-hybridized carbons (Fsp3) is 0.500. The number of para-hydroxylation sites is 1. The molecule has 3 N–H and O–H groups in total. The lowest BCUT2D eigenvalue weighted by molar-refractivity contribution is -0.143. The van der Waals surface area contributed by atoms with E-state index in [0.29, 0.717) is 17.7 Å². The molecule has 1 atom stereocenters. The van der Waals surface area contributed by atoms with Gasteiger partial charge in [-0.25, -0.2) is 13.1 Å². The Bertz CT molecular complexity index is 584. The number of nitrogens with one attached hydrogen (secondary N) is 1. The maximum Gasteiger partial charge on any atom is 0.323 e. The molecule has 1 rings (SSSR count). The standard InChI is InChI=1S/C14H22N2O4S/c1-10(2)8-13(14(17)20-3)16-21(18,19)9-11-6-4-5-7-12(11)15/h4-7,10,13,16H,8-9,15H2,1-3H3. The van der Waals surface area contributed by atoms with E-state index in [4.69, 9.17) is 5.73 Å². The molecule has 0 bridgehead atoms. The summed E-state index contributed by atoms with van der Waals surface area (Å²) in [7, 11) is -2.45. The second kappa shape index (κ2) is 7.42. The topological polar surface area (TPSA) is 98.5 Å². The van der Waals surface area contributed by atoms with Gasteiger partial charge in [-0.1, -0.05) is 32.0 Å². The van der Waals surface area contributed by atoms with Crippen molar-refractivity contribution in [1.82, 2.24) is 4.72 Å². The number of ether oxygens (including phenoxy) is 1. The first kappa shape index (κ1) is 17.5. The van der Waals surface area contributed by atoms with Crippen LogP contribution in [0.3, 0.4) is 0 Å². The van der Waals surface area contributed by atoms with E-state index >= 15 is 0 Å². The Morgan fingerprint density at radius 3 is 2.48 bits per heavy atom. The van der Waals surface area contributed by atoms with Gasteiger partial charge in [0.25, 0.3) is 0 Å². The zero-order chi connectivity index (χ0) is 16.0. The van der Waals surface area contributed by atoms with E-state index in [2.05, 4.69) is 9.46 Å². The Balaban J connectivity index is 2.86. The zero-order valence-electron chi connectivity index (χ0n) is 12.5. The van der Waals surface area contributed by atoms with Gasteiger partial charge >= 0.3 is 5.97 Å². The molecular weight excluding hydrogens is 292 g/mol. The second-order valence-electron chi connectivity index (χ2n) is 5.28. The van der Waals surface area contributed by atoms with Gasteiger partial charge in [-0.2, -0.15) is 0 Å².